The standard InChI is InChI=1S/C15H20N2O3/c1-9-4-3-5-12(16-9)15(18)17-13-10-6-7-20-14(10)11(13)8-19-2/h3-5,10-11,13-14H,6-8H2,1-2H3,(H,17,18)/t10-,11+,13+,14-/m0/s1. The van der Waals surface area contributed by atoms with Crippen LogP contribution in [0.5, 0.6) is 0 Å². The molecule has 1 aliphatic heterocycles. The number of aromatic nitrogens is 1. The van der Waals surface area contributed by atoms with E-state index in [-0.39, 0.29) is 24.0 Å². The van der Waals surface area contributed by atoms with Gasteiger partial charge in [0.1, 0.15) is 5.69 Å². The van der Waals surface area contributed by atoms with Gasteiger partial charge in [-0.25, -0.2) is 4.98 Å². The fourth-order valence-electron chi connectivity index (χ4n) is 3.33. The first-order valence-electron chi connectivity index (χ1n) is 7.06. The summed E-state index contributed by atoms with van der Waals surface area (Å²) in [6.45, 7) is 3.28. The maximum absolute atomic E-state index is 12.3. The second-order valence-electron chi connectivity index (χ2n) is 5.57. The van der Waals surface area contributed by atoms with Crippen molar-refractivity contribution in [2.45, 2.75) is 25.5 Å². The first kappa shape index (κ1) is 13.5. The van der Waals surface area contributed by atoms with E-state index in [1.54, 1.807) is 13.2 Å². The van der Waals surface area contributed by atoms with Crippen molar-refractivity contribution in [2.24, 2.45) is 11.8 Å². The summed E-state index contributed by atoms with van der Waals surface area (Å²) in [5.41, 5.74) is 1.32. The van der Waals surface area contributed by atoms with Gasteiger partial charge in [0.25, 0.3) is 5.91 Å². The highest BCUT2D eigenvalue weighted by Crippen LogP contribution is 2.43. The van der Waals surface area contributed by atoms with Crippen LogP contribution in [0.1, 0.15) is 22.6 Å². The average Bonchev–Trinajstić information content (AvgIpc) is 2.86. The summed E-state index contributed by atoms with van der Waals surface area (Å²) in [6, 6.07) is 5.62. The molecule has 0 spiro atoms. The lowest BCUT2D eigenvalue weighted by molar-refractivity contribution is -0.0810. The van der Waals surface area contributed by atoms with Crippen molar-refractivity contribution >= 4 is 5.91 Å². The first-order chi connectivity index (χ1) is 9.70. The molecule has 0 aromatic carbocycles. The highest BCUT2D eigenvalue weighted by molar-refractivity contribution is 5.92. The van der Waals surface area contributed by atoms with E-state index in [1.807, 2.05) is 19.1 Å². The van der Waals surface area contributed by atoms with Gasteiger partial charge in [-0.3, -0.25) is 4.79 Å². The molecule has 108 valence electrons. The van der Waals surface area contributed by atoms with E-state index in [4.69, 9.17) is 9.47 Å². The smallest absolute Gasteiger partial charge is 0.270 e. The molecule has 1 amide bonds. The Bertz CT molecular complexity index is 506. The minimum absolute atomic E-state index is 0.106. The Hall–Kier alpha value is -1.46. The maximum atomic E-state index is 12.3. The Morgan fingerprint density at radius 3 is 3.15 bits per heavy atom. The van der Waals surface area contributed by atoms with Crippen molar-refractivity contribution < 1.29 is 14.3 Å². The van der Waals surface area contributed by atoms with E-state index in [9.17, 15) is 4.79 Å². The number of aryl methyl sites for hydroxylation is 1. The van der Waals surface area contributed by atoms with E-state index in [2.05, 4.69) is 10.3 Å². The molecule has 1 saturated heterocycles. The Kier molecular flexibility index (Phi) is 3.72. The number of nitrogens with zero attached hydrogens (tertiary/aromatic N) is 1. The molecule has 1 aromatic heterocycles. The van der Waals surface area contributed by atoms with Crippen LogP contribution >= 0.6 is 0 Å². The van der Waals surface area contributed by atoms with Gasteiger partial charge >= 0.3 is 0 Å². The summed E-state index contributed by atoms with van der Waals surface area (Å²) in [4.78, 5) is 16.5. The Morgan fingerprint density at radius 2 is 2.40 bits per heavy atom. The fourth-order valence-corrected chi connectivity index (χ4v) is 3.33. The lowest BCUT2D eigenvalue weighted by Crippen LogP contribution is -2.62. The maximum Gasteiger partial charge on any atom is 0.270 e. The van der Waals surface area contributed by atoms with Crippen molar-refractivity contribution in [3.63, 3.8) is 0 Å². The van der Waals surface area contributed by atoms with Crippen LogP contribution in [0.25, 0.3) is 0 Å². The molecule has 20 heavy (non-hydrogen) atoms. The van der Waals surface area contributed by atoms with Crippen molar-refractivity contribution in [3.05, 3.63) is 29.6 Å². The second-order valence-corrected chi connectivity index (χ2v) is 5.57. The normalized spacial score (nSPS) is 31.5. The predicted molar refractivity (Wildman–Crippen MR) is 73.4 cm³/mol. The summed E-state index contributed by atoms with van der Waals surface area (Å²) in [5, 5.41) is 3.10. The third-order valence-corrected chi connectivity index (χ3v) is 4.31. The molecule has 5 nitrogen and oxygen atoms in total. The van der Waals surface area contributed by atoms with E-state index in [0.29, 0.717) is 18.2 Å². The minimum atomic E-state index is -0.106. The number of nitrogens with one attached hydrogen (secondary N) is 1. The number of carbonyl (C=O) groups is 1. The largest absolute Gasteiger partial charge is 0.384 e. The van der Waals surface area contributed by atoms with Crippen molar-refractivity contribution in [1.82, 2.24) is 10.3 Å². The number of carbonyl (C=O) groups excluding carboxylic acids is 1. The summed E-state index contributed by atoms with van der Waals surface area (Å²) in [6.07, 6.45) is 1.25. The average molecular weight is 276 g/mol. The molecule has 3 rings (SSSR count). The van der Waals surface area contributed by atoms with Crippen LogP contribution in [0, 0.1) is 18.8 Å². The zero-order valence-electron chi connectivity index (χ0n) is 11.8. The van der Waals surface area contributed by atoms with E-state index in [1.165, 1.54) is 0 Å². The summed E-state index contributed by atoms with van der Waals surface area (Å²) in [5.74, 6) is 0.565. The van der Waals surface area contributed by atoms with Crippen LogP contribution in [-0.2, 0) is 9.47 Å². The summed E-state index contributed by atoms with van der Waals surface area (Å²) < 4.78 is 11.0. The molecule has 1 saturated carbocycles. The van der Waals surface area contributed by atoms with E-state index < -0.39 is 0 Å². The number of methoxy groups -OCH3 is 1. The lowest BCUT2D eigenvalue weighted by atomic mass is 9.67. The van der Waals surface area contributed by atoms with Crippen LogP contribution in [0.15, 0.2) is 18.2 Å². The van der Waals surface area contributed by atoms with Crippen LogP contribution in [0.3, 0.4) is 0 Å². The fraction of sp³-hybridized carbons (Fsp3) is 0.600. The van der Waals surface area contributed by atoms with Gasteiger partial charge < -0.3 is 14.8 Å². The first-order valence-corrected chi connectivity index (χ1v) is 7.06. The number of hydrogen-bond acceptors (Lipinski definition) is 4. The summed E-state index contributed by atoms with van der Waals surface area (Å²) in [7, 11) is 1.68. The predicted octanol–water partition coefficient (Wildman–Crippen LogP) is 1.17. The van der Waals surface area contributed by atoms with Crippen LogP contribution in [-0.4, -0.2) is 43.4 Å². The topological polar surface area (TPSA) is 60.5 Å². The highest BCUT2D eigenvalue weighted by Gasteiger charge is 2.54. The van der Waals surface area contributed by atoms with Crippen molar-refractivity contribution in [2.75, 3.05) is 20.3 Å². The molecule has 4 atom stereocenters. The Morgan fingerprint density at radius 1 is 1.55 bits per heavy atom. The van der Waals surface area contributed by atoms with Gasteiger partial charge in [-0.1, -0.05) is 6.07 Å². The number of ether oxygens (including phenoxy) is 2. The van der Waals surface area contributed by atoms with Gasteiger partial charge in [0.15, 0.2) is 0 Å². The molecule has 1 N–H and O–H groups in total. The molecule has 1 aromatic rings. The molecule has 0 unspecified atom stereocenters. The second kappa shape index (κ2) is 5.50. The zero-order valence-corrected chi connectivity index (χ0v) is 11.8. The molecule has 5 heteroatoms. The van der Waals surface area contributed by atoms with Gasteiger partial charge in [0.05, 0.1) is 12.7 Å². The molecule has 2 aliphatic rings. The van der Waals surface area contributed by atoms with Crippen LogP contribution in [0.4, 0.5) is 0 Å². The summed E-state index contributed by atoms with van der Waals surface area (Å²) >= 11 is 0. The zero-order chi connectivity index (χ0) is 14.1. The van der Waals surface area contributed by atoms with Crippen LogP contribution < -0.4 is 5.32 Å². The van der Waals surface area contributed by atoms with Crippen LogP contribution in [0.2, 0.25) is 0 Å². The molecular weight excluding hydrogens is 256 g/mol. The minimum Gasteiger partial charge on any atom is -0.384 e. The quantitative estimate of drug-likeness (QED) is 0.897. The van der Waals surface area contributed by atoms with Gasteiger partial charge in [-0.2, -0.15) is 0 Å². The van der Waals surface area contributed by atoms with E-state index >= 15 is 0 Å². The SMILES string of the molecule is COC[C@@H]1[C@H](NC(=O)c2cccc(C)n2)[C@@H]2CCO[C@H]12. The molecule has 2 heterocycles. The number of hydrogen-bond donors (Lipinski definition) is 1. The lowest BCUT2D eigenvalue weighted by Gasteiger charge is -2.47. The Balaban J connectivity index is 1.68. The third kappa shape index (κ3) is 2.31. The van der Waals surface area contributed by atoms with Gasteiger partial charge in [-0.15, -0.1) is 0 Å². The molecule has 0 radical (unpaired) electrons. The third-order valence-electron chi connectivity index (χ3n) is 4.31. The molecule has 2 fully saturated rings. The number of rotatable bonds is 4. The van der Waals surface area contributed by atoms with Gasteiger partial charge in [0, 0.05) is 37.3 Å². The van der Waals surface area contributed by atoms with Gasteiger partial charge in [-0.05, 0) is 25.5 Å². The Labute approximate surface area is 118 Å². The number of amides is 1. The number of pyridine rings is 1. The monoisotopic (exact) mass is 276 g/mol. The van der Waals surface area contributed by atoms with E-state index in [0.717, 1.165) is 18.7 Å². The molecular formula is C15H20N2O3. The molecule has 1 aliphatic carbocycles. The number of fused-ring (bicyclic) bond motifs is 1. The van der Waals surface area contributed by atoms with Gasteiger partial charge in [0.2, 0.25) is 0 Å². The highest BCUT2D eigenvalue weighted by atomic mass is 16.5. The van der Waals surface area contributed by atoms with Crippen molar-refractivity contribution in [1.29, 1.82) is 0 Å². The van der Waals surface area contributed by atoms with Crippen molar-refractivity contribution in [3.8, 4) is 0 Å². The molecule has 0 bridgehead atoms.